The van der Waals surface area contributed by atoms with Crippen LogP contribution in [0.2, 0.25) is 0 Å². The molecule has 3 rings (SSSR count). The van der Waals surface area contributed by atoms with Crippen molar-refractivity contribution in [2.45, 2.75) is 45.3 Å². The molecule has 0 bridgehead atoms. The van der Waals surface area contributed by atoms with Crippen LogP contribution in [-0.4, -0.2) is 38.5 Å². The minimum absolute atomic E-state index is 0.113. The van der Waals surface area contributed by atoms with Crippen LogP contribution in [0.15, 0.2) is 53.3 Å². The molecule has 1 atom stereocenters. The first kappa shape index (κ1) is 22.5. The largest absolute Gasteiger partial charge is 0.416 e. The summed E-state index contributed by atoms with van der Waals surface area (Å²) in [6, 6.07) is 8.57. The number of benzene rings is 1. The lowest BCUT2D eigenvalue weighted by Crippen LogP contribution is -2.40. The molecule has 0 unspecified atom stereocenters. The van der Waals surface area contributed by atoms with E-state index >= 15 is 0 Å². The molecule has 1 aromatic carbocycles. The number of halogens is 3. The highest BCUT2D eigenvalue weighted by molar-refractivity contribution is 5.76. The van der Waals surface area contributed by atoms with Crippen molar-refractivity contribution in [1.82, 2.24) is 20.0 Å². The Balaban J connectivity index is 1.62. The molecule has 2 heterocycles. The van der Waals surface area contributed by atoms with Crippen molar-refractivity contribution in [2.75, 3.05) is 6.54 Å². The lowest BCUT2D eigenvalue weighted by atomic mass is 9.99. The van der Waals surface area contributed by atoms with Crippen LogP contribution < -0.4 is 0 Å². The molecule has 0 radical (unpaired) electrons. The van der Waals surface area contributed by atoms with Gasteiger partial charge in [-0.25, -0.2) is 0 Å². The van der Waals surface area contributed by atoms with Crippen molar-refractivity contribution in [3.8, 4) is 11.4 Å². The second-order valence-corrected chi connectivity index (χ2v) is 7.14. The Hall–Kier alpha value is -3.23. The molecule has 0 aliphatic carbocycles. The molecule has 0 spiro atoms. The highest BCUT2D eigenvalue weighted by Crippen LogP contribution is 2.32. The van der Waals surface area contributed by atoms with E-state index in [-0.39, 0.29) is 30.7 Å². The fraction of sp³-hybridized carbons (Fsp3) is 0.364. The van der Waals surface area contributed by atoms with E-state index in [2.05, 4.69) is 15.1 Å². The summed E-state index contributed by atoms with van der Waals surface area (Å²) >= 11 is 0. The Morgan fingerprint density at radius 2 is 1.87 bits per heavy atom. The average molecular weight is 432 g/mol. The molecule has 9 heteroatoms. The summed E-state index contributed by atoms with van der Waals surface area (Å²) < 4.78 is 45.0. The third-order valence-corrected chi connectivity index (χ3v) is 4.99. The van der Waals surface area contributed by atoms with Crippen molar-refractivity contribution in [1.29, 1.82) is 0 Å². The van der Waals surface area contributed by atoms with Crippen LogP contribution >= 0.6 is 0 Å². The molecule has 0 aliphatic rings. The normalized spacial score (nSPS) is 12.5. The molecule has 2 aromatic heterocycles. The fourth-order valence-corrected chi connectivity index (χ4v) is 3.47. The zero-order chi connectivity index (χ0) is 22.4. The number of aromatic nitrogens is 3. The summed E-state index contributed by atoms with van der Waals surface area (Å²) in [7, 11) is 0. The number of carbonyl (C=O) groups is 1. The van der Waals surface area contributed by atoms with E-state index in [1.54, 1.807) is 49.3 Å². The van der Waals surface area contributed by atoms with Gasteiger partial charge in [0, 0.05) is 43.4 Å². The molecular weight excluding hydrogens is 409 g/mol. The van der Waals surface area contributed by atoms with Crippen LogP contribution in [0.1, 0.15) is 37.3 Å². The minimum Gasteiger partial charge on any atom is -0.340 e. The number of nitrogens with zero attached hydrogens (tertiary/aromatic N) is 4. The number of rotatable bonds is 8. The van der Waals surface area contributed by atoms with Gasteiger partial charge in [0.05, 0.1) is 5.56 Å². The monoisotopic (exact) mass is 432 g/mol. The van der Waals surface area contributed by atoms with Crippen LogP contribution in [0.3, 0.4) is 0 Å². The maximum atomic E-state index is 13.3. The first-order chi connectivity index (χ1) is 14.8. The van der Waals surface area contributed by atoms with Crippen LogP contribution in [0.4, 0.5) is 13.2 Å². The quantitative estimate of drug-likeness (QED) is 0.522. The van der Waals surface area contributed by atoms with Gasteiger partial charge in [-0.05, 0) is 44.0 Å². The summed E-state index contributed by atoms with van der Waals surface area (Å²) in [5, 5.41) is 3.91. The van der Waals surface area contributed by atoms with Crippen LogP contribution in [-0.2, 0) is 23.8 Å². The molecule has 31 heavy (non-hydrogen) atoms. The summed E-state index contributed by atoms with van der Waals surface area (Å²) in [5.74, 6) is 0.559. The Bertz CT molecular complexity index is 1010. The number of amides is 1. The SMILES string of the molecule is CCN(C(=O)CCc1nc(-c2ccncc2)no1)[C@@H](C)Cc1ccccc1C(F)(F)F. The molecule has 0 N–H and O–H groups in total. The standard InChI is InChI=1S/C22H23F3N4O2/c1-3-29(15(2)14-17-6-4-5-7-18(17)22(23,24)25)20(30)9-8-19-27-21(28-31-19)16-10-12-26-13-11-16/h4-7,10-13,15H,3,8-9,14H2,1-2H3/t15-/m0/s1. The van der Waals surface area contributed by atoms with Crippen molar-refractivity contribution in [3.05, 3.63) is 65.8 Å². The van der Waals surface area contributed by atoms with Gasteiger partial charge in [0.1, 0.15) is 0 Å². The van der Waals surface area contributed by atoms with Gasteiger partial charge in [-0.15, -0.1) is 0 Å². The van der Waals surface area contributed by atoms with E-state index in [0.29, 0.717) is 18.3 Å². The summed E-state index contributed by atoms with van der Waals surface area (Å²) in [4.78, 5) is 22.5. The zero-order valence-corrected chi connectivity index (χ0v) is 17.3. The van der Waals surface area contributed by atoms with Crippen LogP contribution in [0, 0.1) is 0 Å². The number of pyridine rings is 1. The van der Waals surface area contributed by atoms with Gasteiger partial charge in [0.15, 0.2) is 0 Å². The number of likely N-dealkylation sites (N-methyl/N-ethyl adjacent to an activating group) is 1. The van der Waals surface area contributed by atoms with Gasteiger partial charge >= 0.3 is 6.18 Å². The first-order valence-electron chi connectivity index (χ1n) is 9.97. The molecular formula is C22H23F3N4O2. The third-order valence-electron chi connectivity index (χ3n) is 4.99. The molecule has 0 aliphatic heterocycles. The average Bonchev–Trinajstić information content (AvgIpc) is 3.22. The lowest BCUT2D eigenvalue weighted by Gasteiger charge is -2.29. The Kier molecular flexibility index (Phi) is 7.04. The van der Waals surface area contributed by atoms with Crippen molar-refractivity contribution >= 4 is 5.91 Å². The number of hydrogen-bond donors (Lipinski definition) is 0. The Morgan fingerprint density at radius 3 is 2.55 bits per heavy atom. The van der Waals surface area contributed by atoms with Gasteiger partial charge in [-0.3, -0.25) is 9.78 Å². The molecule has 0 saturated heterocycles. The Labute approximate surface area is 178 Å². The van der Waals surface area contributed by atoms with Crippen molar-refractivity contribution in [2.24, 2.45) is 0 Å². The number of carbonyl (C=O) groups excluding carboxylic acids is 1. The Morgan fingerprint density at radius 1 is 1.16 bits per heavy atom. The highest BCUT2D eigenvalue weighted by atomic mass is 19.4. The first-order valence-corrected chi connectivity index (χ1v) is 9.97. The molecule has 0 fully saturated rings. The minimum atomic E-state index is -4.43. The topological polar surface area (TPSA) is 72.1 Å². The summed E-state index contributed by atoms with van der Waals surface area (Å²) in [5.41, 5.74) is 0.260. The van der Waals surface area contributed by atoms with Gasteiger partial charge < -0.3 is 9.42 Å². The van der Waals surface area contributed by atoms with Gasteiger partial charge in [0.25, 0.3) is 0 Å². The predicted molar refractivity (Wildman–Crippen MR) is 108 cm³/mol. The molecule has 1 amide bonds. The summed E-state index contributed by atoms with van der Waals surface area (Å²) in [6.07, 6.45) is -0.709. The summed E-state index contributed by atoms with van der Waals surface area (Å²) in [6.45, 7) is 3.95. The zero-order valence-electron chi connectivity index (χ0n) is 17.3. The van der Waals surface area contributed by atoms with E-state index < -0.39 is 17.8 Å². The van der Waals surface area contributed by atoms with Gasteiger partial charge in [-0.1, -0.05) is 23.4 Å². The van der Waals surface area contributed by atoms with E-state index in [4.69, 9.17) is 4.52 Å². The fourth-order valence-electron chi connectivity index (χ4n) is 3.47. The van der Waals surface area contributed by atoms with E-state index in [1.807, 2.05) is 0 Å². The van der Waals surface area contributed by atoms with Gasteiger partial charge in [-0.2, -0.15) is 18.2 Å². The third kappa shape index (κ3) is 5.68. The van der Waals surface area contributed by atoms with Crippen LogP contribution in [0.25, 0.3) is 11.4 Å². The van der Waals surface area contributed by atoms with Gasteiger partial charge in [0.2, 0.25) is 17.6 Å². The van der Waals surface area contributed by atoms with E-state index in [0.717, 1.165) is 11.6 Å². The maximum Gasteiger partial charge on any atom is 0.416 e. The van der Waals surface area contributed by atoms with E-state index in [9.17, 15) is 18.0 Å². The lowest BCUT2D eigenvalue weighted by molar-refractivity contribution is -0.138. The predicted octanol–water partition coefficient (Wildman–Crippen LogP) is 4.56. The molecule has 0 saturated carbocycles. The van der Waals surface area contributed by atoms with E-state index in [1.165, 1.54) is 12.1 Å². The second kappa shape index (κ2) is 9.72. The number of aryl methyl sites for hydroxylation is 1. The molecule has 164 valence electrons. The van der Waals surface area contributed by atoms with Crippen molar-refractivity contribution in [3.63, 3.8) is 0 Å². The molecule has 3 aromatic rings. The van der Waals surface area contributed by atoms with Crippen LogP contribution in [0.5, 0.6) is 0 Å². The number of hydrogen-bond acceptors (Lipinski definition) is 5. The maximum absolute atomic E-state index is 13.3. The second-order valence-electron chi connectivity index (χ2n) is 7.14. The smallest absolute Gasteiger partial charge is 0.340 e. The molecule has 6 nitrogen and oxygen atoms in total. The number of alkyl halides is 3. The van der Waals surface area contributed by atoms with Crippen molar-refractivity contribution < 1.29 is 22.5 Å². The highest BCUT2D eigenvalue weighted by Gasteiger charge is 2.33.